The minimum Gasteiger partial charge on any atom is -0.480 e. The lowest BCUT2D eigenvalue weighted by Gasteiger charge is -2.34. The second-order valence-electron chi connectivity index (χ2n) is 15.4. The molecule has 4 fully saturated rings. The quantitative estimate of drug-likeness (QED) is 0.0416. The first kappa shape index (κ1) is 44.7. The molecule has 4 saturated heterocycles. The van der Waals surface area contributed by atoms with Crippen molar-refractivity contribution in [3.8, 4) is 0 Å². The molecule has 4 aliphatic rings. The van der Waals surface area contributed by atoms with E-state index in [0.717, 1.165) is 0 Å². The highest BCUT2D eigenvalue weighted by Crippen LogP contribution is 2.27. The molecule has 0 bridgehead atoms. The Labute approximate surface area is 331 Å². The summed E-state index contributed by atoms with van der Waals surface area (Å²) in [6.07, 6.45) is 2.25. The van der Waals surface area contributed by atoms with Crippen LogP contribution in [-0.4, -0.2) is 170 Å². The van der Waals surface area contributed by atoms with Crippen molar-refractivity contribution in [2.24, 2.45) is 11.5 Å². The molecule has 0 spiro atoms. The number of hydrogen-bond acceptors (Lipinski definition) is 11. The van der Waals surface area contributed by atoms with Crippen LogP contribution in [0.15, 0.2) is 0 Å². The van der Waals surface area contributed by atoms with Crippen LogP contribution in [0.3, 0.4) is 0 Å². The van der Waals surface area contributed by atoms with Gasteiger partial charge in [0.15, 0.2) is 5.96 Å². The molecule has 4 rings (SSSR count). The first-order valence-electron chi connectivity index (χ1n) is 19.8. The van der Waals surface area contributed by atoms with Gasteiger partial charge in [-0.3, -0.25) is 43.8 Å². The fourth-order valence-electron chi connectivity index (χ4n) is 8.09. The van der Waals surface area contributed by atoms with Gasteiger partial charge >= 0.3 is 5.97 Å². The van der Waals surface area contributed by atoms with Gasteiger partial charge in [-0.25, -0.2) is 0 Å². The molecule has 0 aromatic carbocycles. The lowest BCUT2D eigenvalue weighted by molar-refractivity contribution is -0.149. The number of carbonyl (C=O) groups is 8. The smallest absolute Gasteiger partial charge is 0.325 e. The van der Waals surface area contributed by atoms with E-state index in [4.69, 9.17) is 16.9 Å². The minimum absolute atomic E-state index is 0.137. The van der Waals surface area contributed by atoms with Gasteiger partial charge < -0.3 is 62.5 Å². The minimum atomic E-state index is -1.47. The predicted molar refractivity (Wildman–Crippen MR) is 203 cm³/mol. The second kappa shape index (κ2) is 19.9. The van der Waals surface area contributed by atoms with Crippen LogP contribution < -0.4 is 32.7 Å². The Hall–Kier alpha value is -5.05. The first-order valence-corrected chi connectivity index (χ1v) is 19.8. The summed E-state index contributed by atoms with van der Waals surface area (Å²) in [6, 6.07) is -8.35. The van der Waals surface area contributed by atoms with Crippen LogP contribution in [0.2, 0.25) is 0 Å². The lowest BCUT2D eigenvalue weighted by atomic mass is 10.1. The monoisotopic (exact) mass is 805 g/mol. The van der Waals surface area contributed by atoms with Gasteiger partial charge in [-0.2, -0.15) is 0 Å². The molecular weight excluding hydrogens is 746 g/mol. The number of guanidine groups is 1. The zero-order chi connectivity index (χ0) is 42.1. The van der Waals surface area contributed by atoms with Crippen LogP contribution in [-0.2, 0) is 38.4 Å². The summed E-state index contributed by atoms with van der Waals surface area (Å²) in [4.78, 5) is 112. The summed E-state index contributed by atoms with van der Waals surface area (Å²) >= 11 is 0. The number of nitrogens with zero attached hydrogens (tertiary/aromatic N) is 4. The molecule has 21 nitrogen and oxygen atoms in total. The summed E-state index contributed by atoms with van der Waals surface area (Å²) in [6.45, 7) is 5.29. The van der Waals surface area contributed by atoms with Crippen molar-refractivity contribution in [1.82, 2.24) is 40.9 Å². The molecule has 4 aliphatic heterocycles. The molecule has 21 heteroatoms. The van der Waals surface area contributed by atoms with Gasteiger partial charge in [0.05, 0.1) is 12.1 Å². The molecule has 7 amide bonds. The molecule has 9 atom stereocenters. The van der Waals surface area contributed by atoms with E-state index in [9.17, 15) is 48.6 Å². The number of likely N-dealkylation sites (tertiary alicyclic amines) is 4. The number of carbonyl (C=O) groups excluding carboxylic acids is 7. The lowest BCUT2D eigenvalue weighted by Crippen LogP contribution is -2.61. The summed E-state index contributed by atoms with van der Waals surface area (Å²) in [7, 11) is 0. The predicted octanol–water partition coefficient (Wildman–Crippen LogP) is -3.50. The van der Waals surface area contributed by atoms with Crippen LogP contribution in [0.1, 0.15) is 85.0 Å². The number of nitrogens with two attached hydrogens (primary N) is 2. The van der Waals surface area contributed by atoms with Crippen LogP contribution in [0, 0.1) is 5.41 Å². The molecule has 0 saturated carbocycles. The zero-order valence-electron chi connectivity index (χ0n) is 32.9. The SMILES string of the molecule is CC(N)C(=O)N1CCCC1C(=O)NC(CCCNC(=N)N)C(=O)N1CCCC1C(=O)N1CCCC1C(=O)NC(C(=O)N1CCCC1C(=O)NC(C)C(=O)O)C(C)O. The van der Waals surface area contributed by atoms with Crippen molar-refractivity contribution in [3.05, 3.63) is 0 Å². The van der Waals surface area contributed by atoms with E-state index in [0.29, 0.717) is 51.5 Å². The maximum absolute atomic E-state index is 14.2. The van der Waals surface area contributed by atoms with Crippen LogP contribution >= 0.6 is 0 Å². The third kappa shape index (κ3) is 10.9. The first-order chi connectivity index (χ1) is 26.9. The number of aliphatic hydroxyl groups excluding tert-OH is 1. The molecule has 4 heterocycles. The molecule has 0 aliphatic carbocycles. The fraction of sp³-hybridized carbons (Fsp3) is 0.750. The van der Waals surface area contributed by atoms with Gasteiger partial charge in [-0.05, 0) is 85.0 Å². The summed E-state index contributed by atoms with van der Waals surface area (Å²) in [5.74, 6) is -5.47. The van der Waals surface area contributed by atoms with Gasteiger partial charge in [-0.1, -0.05) is 0 Å². The van der Waals surface area contributed by atoms with E-state index in [2.05, 4.69) is 21.3 Å². The van der Waals surface area contributed by atoms with E-state index in [1.165, 1.54) is 40.4 Å². The number of carboxylic acid groups (broad SMARTS) is 1. The van der Waals surface area contributed by atoms with Crippen molar-refractivity contribution in [2.45, 2.75) is 139 Å². The summed E-state index contributed by atoms with van der Waals surface area (Å²) in [5.41, 5.74) is 11.2. The molecule has 0 aromatic rings. The standard InChI is InChI=1S/C36H59N11O10/c1-19(37)31(52)44-15-5-11-24(44)29(50)42-22(9-4-14-40-36(38)39)32(53)47-18-8-13-26(47)33(54)45-16-6-12-25(45)30(51)43-27(21(3)48)34(55)46-17-7-10-23(46)28(49)41-20(2)35(56)57/h19-27,48H,4-18,37H2,1-3H3,(H,41,49)(H,42,50)(H,43,51)(H,56,57)(H4,38,39,40). The zero-order valence-corrected chi connectivity index (χ0v) is 32.9. The van der Waals surface area contributed by atoms with E-state index < -0.39 is 95.9 Å². The van der Waals surface area contributed by atoms with E-state index >= 15 is 0 Å². The Kier molecular flexibility index (Phi) is 15.6. The number of aliphatic carboxylic acids is 1. The molecule has 11 N–H and O–H groups in total. The largest absolute Gasteiger partial charge is 0.480 e. The number of amides is 7. The van der Waals surface area contributed by atoms with Gasteiger partial charge in [0.1, 0.15) is 42.3 Å². The molecule has 57 heavy (non-hydrogen) atoms. The maximum Gasteiger partial charge on any atom is 0.325 e. The van der Waals surface area contributed by atoms with Crippen LogP contribution in [0.4, 0.5) is 0 Å². The van der Waals surface area contributed by atoms with Gasteiger partial charge in [0.25, 0.3) is 0 Å². The highest BCUT2D eigenvalue weighted by atomic mass is 16.4. The number of carboxylic acids is 1. The van der Waals surface area contributed by atoms with Gasteiger partial charge in [-0.15, -0.1) is 0 Å². The van der Waals surface area contributed by atoms with Crippen LogP contribution in [0.25, 0.3) is 0 Å². The molecule has 0 radical (unpaired) electrons. The Bertz CT molecular complexity index is 1560. The molecule has 318 valence electrons. The van der Waals surface area contributed by atoms with E-state index in [1.54, 1.807) is 0 Å². The topological polar surface area (TPSA) is 314 Å². The van der Waals surface area contributed by atoms with Crippen molar-refractivity contribution in [3.63, 3.8) is 0 Å². The Morgan fingerprint density at radius 1 is 0.684 bits per heavy atom. The number of aliphatic hydroxyl groups is 1. The average Bonchev–Trinajstić information content (AvgIpc) is 4.00. The Morgan fingerprint density at radius 3 is 1.65 bits per heavy atom. The van der Waals surface area contributed by atoms with E-state index in [1.807, 2.05) is 0 Å². The third-order valence-electron chi connectivity index (χ3n) is 11.1. The maximum atomic E-state index is 14.2. The normalized spacial score (nSPS) is 24.6. The fourth-order valence-corrected chi connectivity index (χ4v) is 8.09. The van der Waals surface area contributed by atoms with Gasteiger partial charge in [0.2, 0.25) is 41.4 Å². The highest BCUT2D eigenvalue weighted by molar-refractivity contribution is 5.98. The highest BCUT2D eigenvalue weighted by Gasteiger charge is 2.46. The summed E-state index contributed by atoms with van der Waals surface area (Å²) < 4.78 is 0. The van der Waals surface area contributed by atoms with Crippen molar-refractivity contribution >= 4 is 53.3 Å². The van der Waals surface area contributed by atoms with Crippen LogP contribution in [0.5, 0.6) is 0 Å². The van der Waals surface area contributed by atoms with Crippen molar-refractivity contribution < 1.29 is 48.6 Å². The van der Waals surface area contributed by atoms with Crippen molar-refractivity contribution in [2.75, 3.05) is 32.7 Å². The van der Waals surface area contributed by atoms with Crippen molar-refractivity contribution in [1.29, 1.82) is 5.41 Å². The number of hydrogen-bond donors (Lipinski definition) is 9. The summed E-state index contributed by atoms with van der Waals surface area (Å²) in [5, 5.41) is 37.7. The van der Waals surface area contributed by atoms with Gasteiger partial charge in [0, 0.05) is 32.7 Å². The second-order valence-corrected chi connectivity index (χ2v) is 15.4. The third-order valence-corrected chi connectivity index (χ3v) is 11.1. The van der Waals surface area contributed by atoms with E-state index in [-0.39, 0.29) is 57.3 Å². The Balaban J connectivity index is 1.46. The molecule has 0 aromatic heterocycles. The molecule has 9 unspecified atom stereocenters. The number of rotatable bonds is 16. The average molecular weight is 806 g/mol. The Morgan fingerprint density at radius 2 is 1.14 bits per heavy atom. The molecular formula is C36H59N11O10. The number of nitrogens with one attached hydrogen (secondary N) is 5.